The van der Waals surface area contributed by atoms with Crippen molar-refractivity contribution in [2.24, 2.45) is 5.41 Å². The predicted octanol–water partition coefficient (Wildman–Crippen LogP) is 8.29. The largest absolute Gasteiger partial charge is 0.507 e. The van der Waals surface area contributed by atoms with Gasteiger partial charge in [-0.1, -0.05) is 55.3 Å². The average Bonchev–Trinajstić information content (AvgIpc) is 3.62. The van der Waals surface area contributed by atoms with Gasteiger partial charge in [0, 0.05) is 78.7 Å². The van der Waals surface area contributed by atoms with Gasteiger partial charge in [-0.05, 0) is 108 Å². The molecule has 326 valence electrons. The Bertz CT molecular complexity index is 2340. The summed E-state index contributed by atoms with van der Waals surface area (Å²) >= 11 is 0. The van der Waals surface area contributed by atoms with Gasteiger partial charge in [-0.2, -0.15) is 0 Å². The maximum Gasteiger partial charge on any atom is 0.410 e. The Kier molecular flexibility index (Phi) is 11.8. The van der Waals surface area contributed by atoms with Gasteiger partial charge in [-0.15, -0.1) is 10.2 Å². The van der Waals surface area contributed by atoms with Gasteiger partial charge in [-0.25, -0.2) is 19.6 Å². The molecular formula is C48H59N9O5. The molecule has 0 bridgehead atoms. The van der Waals surface area contributed by atoms with Gasteiger partial charge in [0.05, 0.1) is 11.7 Å². The Hall–Kier alpha value is -5.76. The molecular weight excluding hydrogens is 783 g/mol. The van der Waals surface area contributed by atoms with Crippen LogP contribution in [0.1, 0.15) is 106 Å². The number of carbonyl (C=O) groups excluding carboxylic acids is 2. The van der Waals surface area contributed by atoms with E-state index in [-0.39, 0.29) is 29.9 Å². The van der Waals surface area contributed by atoms with Crippen molar-refractivity contribution < 1.29 is 24.2 Å². The Morgan fingerprint density at radius 1 is 0.935 bits per heavy atom. The molecule has 14 nitrogen and oxygen atoms in total. The summed E-state index contributed by atoms with van der Waals surface area (Å²) in [5.74, 6) is 1.31. The van der Waals surface area contributed by atoms with Crippen molar-refractivity contribution in [2.45, 2.75) is 109 Å². The second kappa shape index (κ2) is 17.5. The lowest BCUT2D eigenvalue weighted by atomic mass is 9.60. The van der Waals surface area contributed by atoms with E-state index in [1.165, 1.54) is 11.1 Å². The molecule has 2 amide bonds. The van der Waals surface area contributed by atoms with Crippen LogP contribution in [-0.4, -0.2) is 103 Å². The molecule has 2 aromatic carbocycles. The first-order valence-electron chi connectivity index (χ1n) is 22.4. The topological polar surface area (TPSA) is 162 Å². The number of rotatable bonds is 12. The van der Waals surface area contributed by atoms with Crippen LogP contribution in [0, 0.1) is 5.41 Å². The maximum atomic E-state index is 12.5. The molecule has 6 heterocycles. The Morgan fingerprint density at radius 2 is 1.68 bits per heavy atom. The first-order chi connectivity index (χ1) is 30.0. The SMILES string of the molecule is CC(C)(C)OC(=O)N1CC2(CC(N3CCC(c4cnc(N5CCc6[nH]c7nnc(-c8ccccc8O)cc7c6[C@H]5CCCCCNC(=O)OCc5ccccc5)nc4)CC3)C2)C1. The van der Waals surface area contributed by atoms with E-state index in [2.05, 4.69) is 30.3 Å². The Labute approximate surface area is 363 Å². The molecule has 1 aliphatic carbocycles. The molecule has 3 aromatic heterocycles. The monoisotopic (exact) mass is 841 g/mol. The van der Waals surface area contributed by atoms with E-state index >= 15 is 0 Å². The number of aromatic amines is 1. The highest BCUT2D eigenvalue weighted by Crippen LogP contribution is 2.51. The number of nitrogens with one attached hydrogen (secondary N) is 2. The number of carbonyl (C=O) groups is 2. The summed E-state index contributed by atoms with van der Waals surface area (Å²) in [6, 6.07) is 19.5. The Balaban J connectivity index is 0.832. The number of hydrogen-bond acceptors (Lipinski definition) is 11. The maximum absolute atomic E-state index is 12.5. The minimum Gasteiger partial charge on any atom is -0.507 e. The second-order valence-electron chi connectivity index (χ2n) is 18.8. The van der Waals surface area contributed by atoms with Gasteiger partial charge in [0.15, 0.2) is 5.65 Å². The molecule has 0 unspecified atom stereocenters. The van der Waals surface area contributed by atoms with Gasteiger partial charge in [0.1, 0.15) is 18.0 Å². The van der Waals surface area contributed by atoms with Crippen LogP contribution in [0.2, 0.25) is 0 Å². The van der Waals surface area contributed by atoms with Gasteiger partial charge in [0.2, 0.25) is 5.95 Å². The predicted molar refractivity (Wildman–Crippen MR) is 237 cm³/mol. The molecule has 0 radical (unpaired) electrons. The first kappa shape index (κ1) is 41.6. The van der Waals surface area contributed by atoms with E-state index in [1.54, 1.807) is 12.1 Å². The van der Waals surface area contributed by atoms with Crippen LogP contribution in [0.3, 0.4) is 0 Å². The number of benzene rings is 2. The zero-order valence-electron chi connectivity index (χ0n) is 36.2. The van der Waals surface area contributed by atoms with E-state index < -0.39 is 11.7 Å². The van der Waals surface area contributed by atoms with E-state index in [4.69, 9.17) is 19.4 Å². The first-order valence-corrected chi connectivity index (χ1v) is 22.4. The van der Waals surface area contributed by atoms with Crippen molar-refractivity contribution in [3.8, 4) is 17.0 Å². The fraction of sp³-hybridized carbons (Fsp3) is 0.500. The number of ether oxygens (including phenoxy) is 2. The number of hydrogen-bond donors (Lipinski definition) is 3. The highest BCUT2D eigenvalue weighted by atomic mass is 16.6. The standard InChI is InChI=1S/C48H59N9O5/c1-47(2,3)62-46(60)56-30-48(31-56)25-35(26-48)55-21-17-33(18-22-55)34-27-50-44(51-28-34)57-23-19-38-42(37-24-39(53-54-43(37)52-38)36-14-9-10-16-41(36)58)40(57)15-8-5-11-20-49-45(59)61-29-32-12-6-4-7-13-32/h4,6-7,9-10,12-14,16,24,27-28,33,35,40,58H,5,8,11,15,17-23,25-26,29-31H2,1-3H3,(H,49,59)(H,52,54)/t40-/m1/s1. The molecule has 5 aromatic rings. The number of anilines is 1. The molecule has 1 atom stereocenters. The number of amides is 2. The quantitative estimate of drug-likeness (QED) is 0.104. The zero-order chi connectivity index (χ0) is 42.8. The summed E-state index contributed by atoms with van der Waals surface area (Å²) in [7, 11) is 0. The number of likely N-dealkylation sites (tertiary alicyclic amines) is 2. The number of phenolic OH excluding ortho intramolecular Hbond substituents is 1. The molecule has 1 saturated carbocycles. The van der Waals surface area contributed by atoms with E-state index in [1.807, 2.05) is 86.6 Å². The molecule has 3 aliphatic heterocycles. The van der Waals surface area contributed by atoms with Crippen LogP contribution in [-0.2, 0) is 22.5 Å². The van der Waals surface area contributed by atoms with Gasteiger partial charge in [0.25, 0.3) is 0 Å². The summed E-state index contributed by atoms with van der Waals surface area (Å²) in [5, 5.41) is 23.6. The number of para-hydroxylation sites is 1. The van der Waals surface area contributed by atoms with E-state index in [0.29, 0.717) is 29.8 Å². The zero-order valence-corrected chi connectivity index (χ0v) is 36.2. The molecule has 3 N–H and O–H groups in total. The molecule has 9 rings (SSSR count). The minimum atomic E-state index is -0.463. The van der Waals surface area contributed by atoms with Crippen LogP contribution in [0.4, 0.5) is 15.5 Å². The number of fused-ring (bicyclic) bond motifs is 3. The van der Waals surface area contributed by atoms with Crippen molar-refractivity contribution >= 4 is 29.2 Å². The Morgan fingerprint density at radius 3 is 2.42 bits per heavy atom. The fourth-order valence-corrected chi connectivity index (χ4v) is 10.1. The van der Waals surface area contributed by atoms with Gasteiger partial charge >= 0.3 is 12.2 Å². The summed E-state index contributed by atoms with van der Waals surface area (Å²) in [6.45, 7) is 11.1. The molecule has 1 spiro atoms. The summed E-state index contributed by atoms with van der Waals surface area (Å²) < 4.78 is 11.0. The molecule has 2 saturated heterocycles. The number of nitrogens with zero attached hydrogens (tertiary/aromatic N) is 7. The lowest BCUT2D eigenvalue weighted by Crippen LogP contribution is -2.68. The minimum absolute atomic E-state index is 0.00976. The van der Waals surface area contributed by atoms with Crippen LogP contribution < -0.4 is 10.2 Å². The number of H-pyrrole nitrogens is 1. The number of alkyl carbamates (subject to hydrolysis) is 1. The lowest BCUT2D eigenvalue weighted by molar-refractivity contribution is -0.110. The highest BCUT2D eigenvalue weighted by molar-refractivity contribution is 5.86. The number of phenols is 1. The van der Waals surface area contributed by atoms with Crippen molar-refractivity contribution in [2.75, 3.05) is 44.2 Å². The smallest absolute Gasteiger partial charge is 0.410 e. The highest BCUT2D eigenvalue weighted by Gasteiger charge is 2.55. The van der Waals surface area contributed by atoms with Gasteiger partial charge in [-0.3, -0.25) is 0 Å². The molecule has 62 heavy (non-hydrogen) atoms. The summed E-state index contributed by atoms with van der Waals surface area (Å²) in [6.07, 6.45) is 12.3. The molecule has 14 heteroatoms. The normalized spacial score (nSPS) is 19.2. The van der Waals surface area contributed by atoms with Crippen LogP contribution in [0.15, 0.2) is 73.1 Å². The fourth-order valence-electron chi connectivity index (χ4n) is 10.1. The third-order valence-electron chi connectivity index (χ3n) is 13.3. The average molecular weight is 842 g/mol. The lowest BCUT2D eigenvalue weighted by Gasteiger charge is -2.61. The summed E-state index contributed by atoms with van der Waals surface area (Å²) in [5.41, 5.74) is 6.28. The number of unbranched alkanes of at least 4 members (excludes halogenated alkanes) is 2. The van der Waals surface area contributed by atoms with E-state index in [0.717, 1.165) is 119 Å². The number of piperidine rings is 1. The van der Waals surface area contributed by atoms with Crippen molar-refractivity contribution in [3.63, 3.8) is 0 Å². The van der Waals surface area contributed by atoms with Crippen molar-refractivity contribution in [1.29, 1.82) is 0 Å². The second-order valence-corrected chi connectivity index (χ2v) is 18.8. The van der Waals surface area contributed by atoms with Gasteiger partial charge < -0.3 is 39.6 Å². The van der Waals surface area contributed by atoms with Crippen LogP contribution in [0.5, 0.6) is 5.75 Å². The number of aromatic hydroxyl groups is 1. The third kappa shape index (κ3) is 9.06. The van der Waals surface area contributed by atoms with Crippen molar-refractivity contribution in [1.82, 2.24) is 40.3 Å². The van der Waals surface area contributed by atoms with Crippen molar-refractivity contribution in [3.05, 3.63) is 95.4 Å². The van der Waals surface area contributed by atoms with E-state index in [9.17, 15) is 14.7 Å². The summed E-state index contributed by atoms with van der Waals surface area (Å²) in [4.78, 5) is 45.4. The number of aromatic nitrogens is 5. The van der Waals surface area contributed by atoms with Crippen LogP contribution >= 0.6 is 0 Å². The molecule has 3 fully saturated rings. The molecule has 4 aliphatic rings. The van der Waals surface area contributed by atoms with Crippen LogP contribution in [0.25, 0.3) is 22.3 Å². The third-order valence-corrected chi connectivity index (χ3v) is 13.3.